The molecule has 2 aliphatic rings. The van der Waals surface area contributed by atoms with Gasteiger partial charge in [-0.25, -0.2) is 0 Å². The van der Waals surface area contributed by atoms with Gasteiger partial charge in [-0.1, -0.05) is 30.3 Å². The number of ether oxygens (including phenoxy) is 1. The Balaban J connectivity index is 1.27. The summed E-state index contributed by atoms with van der Waals surface area (Å²) in [5.74, 6) is 0.269. The molecular formula is C23H28N2O3S. The maximum atomic E-state index is 12.7. The number of fused-ring (bicyclic) bond motifs is 1. The van der Waals surface area contributed by atoms with Gasteiger partial charge in [-0.3, -0.25) is 9.59 Å². The molecular weight excluding hydrogens is 384 g/mol. The Bertz CT molecular complexity index is 843. The van der Waals surface area contributed by atoms with Crippen molar-refractivity contribution in [3.8, 4) is 0 Å². The van der Waals surface area contributed by atoms with Gasteiger partial charge >= 0.3 is 0 Å². The van der Waals surface area contributed by atoms with E-state index in [2.05, 4.69) is 17.4 Å². The van der Waals surface area contributed by atoms with Crippen LogP contribution in [0.4, 0.5) is 0 Å². The topological polar surface area (TPSA) is 58.6 Å². The zero-order valence-electron chi connectivity index (χ0n) is 16.7. The number of hydrogen-bond donors (Lipinski definition) is 1. The van der Waals surface area contributed by atoms with Crippen LogP contribution < -0.4 is 5.32 Å². The number of nitrogens with one attached hydrogen (secondary N) is 1. The minimum atomic E-state index is 0.0140. The summed E-state index contributed by atoms with van der Waals surface area (Å²) in [5.41, 5.74) is 2.49. The highest BCUT2D eigenvalue weighted by Crippen LogP contribution is 2.33. The van der Waals surface area contributed by atoms with Crippen molar-refractivity contribution in [2.24, 2.45) is 5.92 Å². The Hall–Kier alpha value is -2.18. The van der Waals surface area contributed by atoms with Crippen molar-refractivity contribution < 1.29 is 14.3 Å². The summed E-state index contributed by atoms with van der Waals surface area (Å²) in [6.45, 7) is 3.26. The van der Waals surface area contributed by atoms with Crippen LogP contribution in [0.15, 0.2) is 36.4 Å². The van der Waals surface area contributed by atoms with E-state index in [9.17, 15) is 9.59 Å². The average molecular weight is 413 g/mol. The molecule has 1 atom stereocenters. The summed E-state index contributed by atoms with van der Waals surface area (Å²) < 4.78 is 5.34. The van der Waals surface area contributed by atoms with Gasteiger partial charge in [-0.05, 0) is 49.3 Å². The van der Waals surface area contributed by atoms with E-state index >= 15 is 0 Å². The van der Waals surface area contributed by atoms with Crippen molar-refractivity contribution in [2.75, 3.05) is 32.8 Å². The molecule has 1 aromatic carbocycles. The van der Waals surface area contributed by atoms with Crippen LogP contribution in [0.2, 0.25) is 0 Å². The first-order valence-electron chi connectivity index (χ1n) is 10.5. The molecule has 0 spiro atoms. The lowest BCUT2D eigenvalue weighted by molar-refractivity contribution is -0.125. The van der Waals surface area contributed by atoms with E-state index in [-0.39, 0.29) is 17.7 Å². The van der Waals surface area contributed by atoms with Gasteiger partial charge in [0.1, 0.15) is 0 Å². The fraction of sp³-hybridized carbons (Fsp3) is 0.478. The Labute approximate surface area is 176 Å². The molecule has 1 saturated heterocycles. The number of carbonyl (C=O) groups excluding carboxylic acids is 2. The van der Waals surface area contributed by atoms with Crippen molar-refractivity contribution in [3.63, 3.8) is 0 Å². The van der Waals surface area contributed by atoms with E-state index in [4.69, 9.17) is 4.74 Å². The first-order valence-corrected chi connectivity index (χ1v) is 11.3. The highest BCUT2D eigenvalue weighted by Gasteiger charge is 2.28. The highest BCUT2D eigenvalue weighted by atomic mass is 32.1. The van der Waals surface area contributed by atoms with Gasteiger partial charge in [-0.2, -0.15) is 0 Å². The van der Waals surface area contributed by atoms with E-state index in [0.29, 0.717) is 32.8 Å². The molecule has 1 fully saturated rings. The number of benzene rings is 1. The molecule has 0 saturated carbocycles. The summed E-state index contributed by atoms with van der Waals surface area (Å²) in [7, 11) is 0. The van der Waals surface area contributed by atoms with Crippen LogP contribution in [0.3, 0.4) is 0 Å². The number of thiophene rings is 1. The van der Waals surface area contributed by atoms with Crippen LogP contribution in [-0.4, -0.2) is 49.6 Å². The predicted molar refractivity (Wildman–Crippen MR) is 114 cm³/mol. The number of rotatable bonds is 6. The standard InChI is InChI=1S/C23H28N2O3S/c26-22(24-10-4-7-17-5-2-1-3-6-17)18-8-9-20-19(15-18)16-21(29-20)23(27)25-11-13-28-14-12-25/h1-3,5-6,16,18H,4,7-15H2,(H,24,26). The van der Waals surface area contributed by atoms with Crippen molar-refractivity contribution in [2.45, 2.75) is 32.1 Å². The van der Waals surface area contributed by atoms with E-state index in [1.165, 1.54) is 16.0 Å². The van der Waals surface area contributed by atoms with Gasteiger partial charge in [-0.15, -0.1) is 11.3 Å². The van der Waals surface area contributed by atoms with E-state index in [1.807, 2.05) is 29.2 Å². The molecule has 4 rings (SSSR count). The molecule has 2 heterocycles. The molecule has 154 valence electrons. The second-order valence-corrected chi connectivity index (χ2v) is 8.92. The van der Waals surface area contributed by atoms with Crippen LogP contribution in [-0.2, 0) is 28.8 Å². The van der Waals surface area contributed by atoms with Gasteiger partial charge in [0.05, 0.1) is 18.1 Å². The van der Waals surface area contributed by atoms with Gasteiger partial charge in [0.15, 0.2) is 0 Å². The normalized spacial score (nSPS) is 18.9. The summed E-state index contributed by atoms with van der Waals surface area (Å²) in [4.78, 5) is 29.3. The number of carbonyl (C=O) groups is 2. The summed E-state index contributed by atoms with van der Waals surface area (Å²) in [6.07, 6.45) is 4.42. The molecule has 1 N–H and O–H groups in total. The highest BCUT2D eigenvalue weighted by molar-refractivity contribution is 7.14. The molecule has 2 amide bonds. The Morgan fingerprint density at radius 3 is 2.76 bits per heavy atom. The largest absolute Gasteiger partial charge is 0.378 e. The van der Waals surface area contributed by atoms with Crippen molar-refractivity contribution in [1.82, 2.24) is 10.2 Å². The third-order valence-electron chi connectivity index (χ3n) is 5.75. The number of morpholine rings is 1. The third-order valence-corrected chi connectivity index (χ3v) is 6.97. The van der Waals surface area contributed by atoms with E-state index in [0.717, 1.165) is 37.0 Å². The summed E-state index contributed by atoms with van der Waals surface area (Å²) in [6, 6.07) is 12.4. The van der Waals surface area contributed by atoms with Crippen molar-refractivity contribution >= 4 is 23.2 Å². The second-order valence-electron chi connectivity index (χ2n) is 7.78. The molecule has 1 aromatic heterocycles. The molecule has 1 aliphatic carbocycles. The predicted octanol–water partition coefficient (Wildman–Crippen LogP) is 3.07. The quantitative estimate of drug-likeness (QED) is 0.742. The van der Waals surface area contributed by atoms with Gasteiger partial charge in [0.25, 0.3) is 5.91 Å². The fourth-order valence-corrected chi connectivity index (χ4v) is 5.24. The Kier molecular flexibility index (Phi) is 6.62. The lowest BCUT2D eigenvalue weighted by atomic mass is 9.87. The van der Waals surface area contributed by atoms with Crippen molar-refractivity contribution in [1.29, 1.82) is 0 Å². The lowest BCUT2D eigenvalue weighted by Crippen LogP contribution is -2.40. The van der Waals surface area contributed by atoms with E-state index < -0.39 is 0 Å². The van der Waals surface area contributed by atoms with Crippen LogP contribution >= 0.6 is 11.3 Å². The minimum Gasteiger partial charge on any atom is -0.378 e. The van der Waals surface area contributed by atoms with Crippen LogP contribution in [0.1, 0.15) is 38.5 Å². The average Bonchev–Trinajstić information content (AvgIpc) is 3.21. The summed E-state index contributed by atoms with van der Waals surface area (Å²) >= 11 is 1.61. The lowest BCUT2D eigenvalue weighted by Gasteiger charge is -2.26. The number of hydrogen-bond acceptors (Lipinski definition) is 4. The third kappa shape index (κ3) is 5.06. The molecule has 1 aliphatic heterocycles. The second kappa shape index (κ2) is 9.55. The maximum absolute atomic E-state index is 12.7. The van der Waals surface area contributed by atoms with E-state index in [1.54, 1.807) is 11.3 Å². The first kappa shape index (κ1) is 20.1. The zero-order valence-corrected chi connectivity index (χ0v) is 17.5. The molecule has 1 unspecified atom stereocenters. The van der Waals surface area contributed by atoms with Gasteiger partial charge < -0.3 is 15.0 Å². The molecule has 6 heteroatoms. The molecule has 29 heavy (non-hydrogen) atoms. The minimum absolute atomic E-state index is 0.0140. The van der Waals surface area contributed by atoms with Crippen LogP contribution in [0.25, 0.3) is 0 Å². The smallest absolute Gasteiger partial charge is 0.264 e. The molecule has 0 radical (unpaired) electrons. The van der Waals surface area contributed by atoms with Crippen molar-refractivity contribution in [3.05, 3.63) is 57.3 Å². The molecule has 2 aromatic rings. The number of amides is 2. The zero-order chi connectivity index (χ0) is 20.1. The monoisotopic (exact) mass is 412 g/mol. The molecule has 5 nitrogen and oxygen atoms in total. The van der Waals surface area contributed by atoms with Crippen LogP contribution in [0.5, 0.6) is 0 Å². The Morgan fingerprint density at radius 2 is 1.97 bits per heavy atom. The summed E-state index contributed by atoms with van der Waals surface area (Å²) in [5, 5.41) is 3.11. The van der Waals surface area contributed by atoms with Gasteiger partial charge in [0.2, 0.25) is 5.91 Å². The Morgan fingerprint density at radius 1 is 1.17 bits per heavy atom. The van der Waals surface area contributed by atoms with Gasteiger partial charge in [0, 0.05) is 30.4 Å². The number of nitrogens with zero attached hydrogens (tertiary/aromatic N) is 1. The number of aryl methyl sites for hydroxylation is 2. The maximum Gasteiger partial charge on any atom is 0.264 e. The SMILES string of the molecule is O=C(NCCCc1ccccc1)C1CCc2sc(C(=O)N3CCOCC3)cc2C1. The van der Waals surface area contributed by atoms with Crippen LogP contribution in [0, 0.1) is 5.92 Å². The first-order chi connectivity index (χ1) is 14.2. The molecule has 0 bridgehead atoms. The fourth-order valence-electron chi connectivity index (χ4n) is 4.07.